The second-order valence-corrected chi connectivity index (χ2v) is 8.00. The van der Waals surface area contributed by atoms with Crippen molar-refractivity contribution in [3.8, 4) is 0 Å². The molecular weight excluding hydrogens is 310 g/mol. The molecule has 5 heteroatoms. The minimum atomic E-state index is -3.83. The topological polar surface area (TPSA) is 55.7 Å². The van der Waals surface area contributed by atoms with Crippen LogP contribution in [0.15, 0.2) is 34.3 Å². The van der Waals surface area contributed by atoms with Crippen molar-refractivity contribution in [3.05, 3.63) is 29.8 Å². The quantitative estimate of drug-likeness (QED) is 0.550. The van der Waals surface area contributed by atoms with Gasteiger partial charge in [0.1, 0.15) is 4.90 Å². The van der Waals surface area contributed by atoms with Gasteiger partial charge in [0.15, 0.2) is 0 Å². The van der Waals surface area contributed by atoms with Crippen LogP contribution in [0, 0.1) is 5.92 Å². The zero-order valence-corrected chi connectivity index (χ0v) is 15.1. The Bertz CT molecular complexity index is 629. The summed E-state index contributed by atoms with van der Waals surface area (Å²) in [4.78, 5) is 0.157. The normalized spacial score (nSPS) is 18.7. The first-order valence-electron chi connectivity index (χ1n) is 8.52. The van der Waals surface area contributed by atoms with Gasteiger partial charge in [0.05, 0.1) is 5.71 Å². The molecule has 4 nitrogen and oxygen atoms in total. The Morgan fingerprint density at radius 1 is 1.22 bits per heavy atom. The highest BCUT2D eigenvalue weighted by Gasteiger charge is 2.20. The Kier molecular flexibility index (Phi) is 6.22. The third-order valence-electron chi connectivity index (χ3n) is 4.83. The van der Waals surface area contributed by atoms with E-state index in [1.54, 1.807) is 12.1 Å². The van der Waals surface area contributed by atoms with Crippen molar-refractivity contribution in [3.63, 3.8) is 0 Å². The lowest BCUT2D eigenvalue weighted by atomic mass is 9.86. The van der Waals surface area contributed by atoms with E-state index in [2.05, 4.69) is 19.0 Å². The van der Waals surface area contributed by atoms with Crippen LogP contribution < -0.4 is 0 Å². The molecule has 0 bridgehead atoms. The third kappa shape index (κ3) is 4.80. The number of hydrogen-bond donors (Lipinski definition) is 0. The van der Waals surface area contributed by atoms with Crippen LogP contribution in [0.5, 0.6) is 0 Å². The molecule has 0 saturated heterocycles. The summed E-state index contributed by atoms with van der Waals surface area (Å²) in [6, 6.07) is 6.90. The van der Waals surface area contributed by atoms with Gasteiger partial charge in [-0.15, -0.1) is 0 Å². The molecule has 0 spiro atoms. The Balaban J connectivity index is 2.06. The van der Waals surface area contributed by atoms with Crippen molar-refractivity contribution in [1.82, 2.24) is 0 Å². The minimum Gasteiger partial charge on any atom is -0.265 e. The molecule has 128 valence electrons. The molecule has 1 saturated carbocycles. The lowest BCUT2D eigenvalue weighted by Crippen LogP contribution is -2.16. The van der Waals surface area contributed by atoms with Crippen LogP contribution in [-0.2, 0) is 14.4 Å². The maximum absolute atomic E-state index is 12.2. The molecule has 0 aromatic heterocycles. The molecule has 0 radical (unpaired) electrons. The van der Waals surface area contributed by atoms with E-state index in [-0.39, 0.29) is 4.90 Å². The van der Waals surface area contributed by atoms with Crippen LogP contribution in [0.25, 0.3) is 0 Å². The molecule has 1 aliphatic carbocycles. The maximum Gasteiger partial charge on any atom is 0.358 e. The Morgan fingerprint density at radius 2 is 1.83 bits per heavy atom. The first-order valence-corrected chi connectivity index (χ1v) is 9.93. The summed E-state index contributed by atoms with van der Waals surface area (Å²) >= 11 is 0. The van der Waals surface area contributed by atoms with Gasteiger partial charge in [-0.25, -0.2) is 0 Å². The smallest absolute Gasteiger partial charge is 0.265 e. The molecule has 2 rings (SSSR count). The summed E-state index contributed by atoms with van der Waals surface area (Å²) in [5.74, 6) is 0.769. The SMILES string of the molecule is CCC(C)c1ccc(S(=O)(=O)ON=C(C)C2CCCCC2)cc1. The number of oxime groups is 1. The molecule has 1 unspecified atom stereocenters. The first kappa shape index (κ1) is 18.0. The average Bonchev–Trinajstić information content (AvgIpc) is 2.60. The summed E-state index contributed by atoms with van der Waals surface area (Å²) < 4.78 is 29.4. The van der Waals surface area contributed by atoms with Crippen LogP contribution in [0.3, 0.4) is 0 Å². The standard InChI is InChI=1S/C18H27NO3S/c1-4-14(2)16-10-12-18(13-11-16)23(20,21)22-19-15(3)17-8-6-5-7-9-17/h10-14,17H,4-9H2,1-3H3. The summed E-state index contributed by atoms with van der Waals surface area (Å²) in [5, 5.41) is 3.90. The Labute approximate surface area is 140 Å². The van der Waals surface area contributed by atoms with E-state index >= 15 is 0 Å². The van der Waals surface area contributed by atoms with E-state index < -0.39 is 10.1 Å². The highest BCUT2D eigenvalue weighted by molar-refractivity contribution is 7.86. The average molecular weight is 337 g/mol. The van der Waals surface area contributed by atoms with Crippen molar-refractivity contribution in [1.29, 1.82) is 0 Å². The molecule has 0 heterocycles. The summed E-state index contributed by atoms with van der Waals surface area (Å²) in [6.45, 7) is 6.09. The van der Waals surface area contributed by atoms with Crippen LogP contribution >= 0.6 is 0 Å². The van der Waals surface area contributed by atoms with Crippen molar-refractivity contribution >= 4 is 15.8 Å². The summed E-state index contributed by atoms with van der Waals surface area (Å²) in [7, 11) is -3.83. The molecule has 0 aliphatic heterocycles. The largest absolute Gasteiger partial charge is 0.358 e. The maximum atomic E-state index is 12.2. The van der Waals surface area contributed by atoms with Crippen LogP contribution in [-0.4, -0.2) is 14.1 Å². The summed E-state index contributed by atoms with van der Waals surface area (Å²) in [5.41, 5.74) is 1.91. The Hall–Kier alpha value is -1.36. The minimum absolute atomic E-state index is 0.157. The molecule has 1 aromatic rings. The van der Waals surface area contributed by atoms with E-state index in [0.717, 1.165) is 30.5 Å². The van der Waals surface area contributed by atoms with Gasteiger partial charge in [-0.05, 0) is 49.8 Å². The van der Waals surface area contributed by atoms with E-state index in [1.165, 1.54) is 19.3 Å². The lowest BCUT2D eigenvalue weighted by molar-refractivity contribution is 0.329. The van der Waals surface area contributed by atoms with Gasteiger partial charge in [0.2, 0.25) is 0 Å². The third-order valence-corrected chi connectivity index (χ3v) is 5.95. The lowest BCUT2D eigenvalue weighted by Gasteiger charge is -2.20. The van der Waals surface area contributed by atoms with Crippen LogP contribution in [0.4, 0.5) is 0 Å². The molecule has 1 aromatic carbocycles. The number of nitrogens with zero attached hydrogens (tertiary/aromatic N) is 1. The second-order valence-electron chi connectivity index (χ2n) is 6.47. The highest BCUT2D eigenvalue weighted by Crippen LogP contribution is 2.26. The number of rotatable bonds is 6. The van der Waals surface area contributed by atoms with Gasteiger partial charge in [0.25, 0.3) is 0 Å². The van der Waals surface area contributed by atoms with Gasteiger partial charge in [-0.1, -0.05) is 50.4 Å². The molecular formula is C18H27NO3S. The Morgan fingerprint density at radius 3 is 2.39 bits per heavy atom. The fourth-order valence-corrected chi connectivity index (χ4v) is 3.72. The summed E-state index contributed by atoms with van der Waals surface area (Å²) in [6.07, 6.45) is 6.78. The molecule has 23 heavy (non-hydrogen) atoms. The van der Waals surface area contributed by atoms with Gasteiger partial charge in [-0.3, -0.25) is 4.28 Å². The monoisotopic (exact) mass is 337 g/mol. The number of benzene rings is 1. The fourth-order valence-electron chi connectivity index (χ4n) is 2.94. The van der Waals surface area contributed by atoms with E-state index in [1.807, 2.05) is 19.1 Å². The molecule has 0 N–H and O–H groups in total. The van der Waals surface area contributed by atoms with Crippen molar-refractivity contribution in [2.24, 2.45) is 11.1 Å². The van der Waals surface area contributed by atoms with Gasteiger partial charge < -0.3 is 0 Å². The van der Waals surface area contributed by atoms with Crippen molar-refractivity contribution < 1.29 is 12.7 Å². The zero-order valence-electron chi connectivity index (χ0n) is 14.3. The number of hydrogen-bond acceptors (Lipinski definition) is 4. The molecule has 1 aliphatic rings. The van der Waals surface area contributed by atoms with Crippen LogP contribution in [0.1, 0.15) is 70.8 Å². The van der Waals surface area contributed by atoms with E-state index in [4.69, 9.17) is 4.28 Å². The van der Waals surface area contributed by atoms with Gasteiger partial charge in [0, 0.05) is 5.92 Å². The highest BCUT2D eigenvalue weighted by atomic mass is 32.2. The van der Waals surface area contributed by atoms with Gasteiger partial charge in [-0.2, -0.15) is 8.42 Å². The molecule has 0 amide bonds. The van der Waals surface area contributed by atoms with E-state index in [9.17, 15) is 8.42 Å². The van der Waals surface area contributed by atoms with Crippen molar-refractivity contribution in [2.45, 2.75) is 70.1 Å². The fraction of sp³-hybridized carbons (Fsp3) is 0.611. The molecule has 1 fully saturated rings. The predicted octanol–water partition coefficient (Wildman–Crippen LogP) is 4.86. The second kappa shape index (κ2) is 7.95. The predicted molar refractivity (Wildman–Crippen MR) is 93.1 cm³/mol. The molecule has 1 atom stereocenters. The zero-order chi connectivity index (χ0) is 16.9. The van der Waals surface area contributed by atoms with Crippen molar-refractivity contribution in [2.75, 3.05) is 0 Å². The van der Waals surface area contributed by atoms with Crippen LogP contribution in [0.2, 0.25) is 0 Å². The van der Waals surface area contributed by atoms with Gasteiger partial charge >= 0.3 is 10.1 Å². The first-order chi connectivity index (χ1) is 10.9. The van der Waals surface area contributed by atoms with E-state index in [0.29, 0.717) is 11.8 Å².